The molecule has 12 heavy (non-hydrogen) atoms. The molecule has 0 aliphatic carbocycles. The van der Waals surface area contributed by atoms with Gasteiger partial charge in [0.2, 0.25) is 0 Å². The number of hydrogen-bond donors (Lipinski definition) is 1. The lowest BCUT2D eigenvalue weighted by molar-refractivity contribution is 0.641. The fourth-order valence-corrected chi connectivity index (χ4v) is 2.33. The summed E-state index contributed by atoms with van der Waals surface area (Å²) in [6.45, 7) is 3.21. The number of hydrogen-bond acceptors (Lipinski definition) is 3. The molecule has 1 aromatic heterocycles. The predicted octanol–water partition coefficient (Wildman–Crippen LogP) is 2.45. The van der Waals surface area contributed by atoms with Gasteiger partial charge >= 0.3 is 0 Å². The van der Waals surface area contributed by atoms with E-state index in [2.05, 4.69) is 22.6 Å². The molecule has 2 rings (SSSR count). The summed E-state index contributed by atoms with van der Waals surface area (Å²) in [6.07, 6.45) is 2.55. The Morgan fingerprint density at radius 3 is 3.00 bits per heavy atom. The van der Waals surface area contributed by atoms with Crippen LogP contribution in [0, 0.1) is 6.92 Å². The van der Waals surface area contributed by atoms with E-state index in [0.29, 0.717) is 6.04 Å². The van der Waals surface area contributed by atoms with Crippen molar-refractivity contribution < 1.29 is 0 Å². The number of nitrogens with zero attached hydrogens (tertiary/aromatic N) is 1. The van der Waals surface area contributed by atoms with Gasteiger partial charge in [-0.25, -0.2) is 4.98 Å². The maximum Gasteiger partial charge on any atom is 0.110 e. The van der Waals surface area contributed by atoms with Gasteiger partial charge in [0.25, 0.3) is 0 Å². The molecule has 0 saturated carbocycles. The normalized spacial score (nSPS) is 22.2. The maximum atomic E-state index is 4.45. The minimum absolute atomic E-state index is 0. The van der Waals surface area contributed by atoms with Crippen LogP contribution in [0.25, 0.3) is 0 Å². The Balaban J connectivity index is 0.000000720. The van der Waals surface area contributed by atoms with Crippen molar-refractivity contribution in [1.29, 1.82) is 0 Å². The van der Waals surface area contributed by atoms with E-state index in [1.54, 1.807) is 11.3 Å². The number of halogens is 1. The van der Waals surface area contributed by atoms with Gasteiger partial charge in [0.1, 0.15) is 5.01 Å². The van der Waals surface area contributed by atoms with Crippen LogP contribution >= 0.6 is 28.3 Å². The molecule has 0 radical (unpaired) electrons. The van der Waals surface area contributed by atoms with E-state index in [1.165, 1.54) is 17.8 Å². The van der Waals surface area contributed by atoms with Crippen molar-refractivity contribution in [3.05, 3.63) is 16.1 Å². The zero-order chi connectivity index (χ0) is 7.68. The molecule has 2 heterocycles. The second kappa shape index (κ2) is 4.35. The van der Waals surface area contributed by atoms with Gasteiger partial charge in [-0.2, -0.15) is 0 Å². The Morgan fingerprint density at radius 1 is 1.67 bits per heavy atom. The Hall–Kier alpha value is 0.0700. The molecule has 1 saturated heterocycles. The fourth-order valence-electron chi connectivity index (χ4n) is 1.43. The van der Waals surface area contributed by atoms with E-state index in [0.717, 1.165) is 12.2 Å². The molecule has 1 aliphatic rings. The monoisotopic (exact) mass is 248 g/mol. The molecule has 1 aliphatic heterocycles. The van der Waals surface area contributed by atoms with Crippen molar-refractivity contribution in [3.8, 4) is 0 Å². The average Bonchev–Trinajstić information content (AvgIpc) is 2.55. The summed E-state index contributed by atoms with van der Waals surface area (Å²) in [5, 5.41) is 6.82. The van der Waals surface area contributed by atoms with Gasteiger partial charge in [0.05, 0.1) is 6.04 Å². The van der Waals surface area contributed by atoms with E-state index < -0.39 is 0 Å². The van der Waals surface area contributed by atoms with Crippen LogP contribution in [0.15, 0.2) is 5.38 Å². The van der Waals surface area contributed by atoms with Crippen molar-refractivity contribution in [2.24, 2.45) is 0 Å². The van der Waals surface area contributed by atoms with Crippen molar-refractivity contribution >= 4 is 28.3 Å². The van der Waals surface area contributed by atoms with Crippen molar-refractivity contribution in [3.63, 3.8) is 0 Å². The van der Waals surface area contributed by atoms with E-state index >= 15 is 0 Å². The molecular weight excluding hydrogens is 236 g/mol. The third kappa shape index (κ3) is 2.06. The Kier molecular flexibility index (Phi) is 3.68. The minimum atomic E-state index is 0. The molecule has 0 bridgehead atoms. The smallest absolute Gasteiger partial charge is 0.110 e. The van der Waals surface area contributed by atoms with Crippen LogP contribution in [-0.2, 0) is 0 Å². The molecular formula is C8H13BrN2S. The quantitative estimate of drug-likeness (QED) is 0.826. The second-order valence-corrected chi connectivity index (χ2v) is 3.87. The maximum absolute atomic E-state index is 4.45. The predicted molar refractivity (Wildman–Crippen MR) is 57.2 cm³/mol. The SMILES string of the molecule is Br.Cc1csc([C@@H]2CCCN2)n1. The highest BCUT2D eigenvalue weighted by Crippen LogP contribution is 2.25. The van der Waals surface area contributed by atoms with Gasteiger partial charge in [-0.15, -0.1) is 28.3 Å². The van der Waals surface area contributed by atoms with Crippen molar-refractivity contribution in [1.82, 2.24) is 10.3 Å². The molecule has 1 N–H and O–H groups in total. The second-order valence-electron chi connectivity index (χ2n) is 2.98. The van der Waals surface area contributed by atoms with Gasteiger partial charge in [-0.3, -0.25) is 0 Å². The summed E-state index contributed by atoms with van der Waals surface area (Å²) in [4.78, 5) is 4.45. The zero-order valence-corrected chi connectivity index (χ0v) is 9.57. The van der Waals surface area contributed by atoms with Gasteiger partial charge < -0.3 is 5.32 Å². The highest BCUT2D eigenvalue weighted by Gasteiger charge is 2.18. The van der Waals surface area contributed by atoms with E-state index in [9.17, 15) is 0 Å². The van der Waals surface area contributed by atoms with Crippen LogP contribution in [-0.4, -0.2) is 11.5 Å². The zero-order valence-electron chi connectivity index (χ0n) is 7.04. The molecule has 2 nitrogen and oxygen atoms in total. The van der Waals surface area contributed by atoms with Crippen molar-refractivity contribution in [2.75, 3.05) is 6.54 Å². The molecule has 4 heteroatoms. The van der Waals surface area contributed by atoms with Crippen LogP contribution in [0.4, 0.5) is 0 Å². The van der Waals surface area contributed by atoms with E-state index in [1.807, 2.05) is 0 Å². The molecule has 0 unspecified atom stereocenters. The van der Waals surface area contributed by atoms with E-state index in [4.69, 9.17) is 0 Å². The standard InChI is InChI=1S/C8H12N2S.BrH/c1-6-5-11-8(10-6)7-3-2-4-9-7;/h5,7,9H,2-4H2,1H3;1H/t7-;/m0./s1. The Bertz CT molecular complexity index is 243. The molecule has 1 atom stereocenters. The first kappa shape index (κ1) is 10.2. The van der Waals surface area contributed by atoms with Crippen LogP contribution in [0.5, 0.6) is 0 Å². The molecule has 0 amide bonds. The summed E-state index contributed by atoms with van der Waals surface area (Å²) < 4.78 is 0. The molecule has 0 aromatic carbocycles. The number of aromatic nitrogens is 1. The van der Waals surface area contributed by atoms with Crippen LogP contribution in [0.2, 0.25) is 0 Å². The highest BCUT2D eigenvalue weighted by atomic mass is 79.9. The largest absolute Gasteiger partial charge is 0.308 e. The molecule has 68 valence electrons. The summed E-state index contributed by atoms with van der Waals surface area (Å²) >= 11 is 1.77. The average molecular weight is 249 g/mol. The van der Waals surface area contributed by atoms with E-state index in [-0.39, 0.29) is 17.0 Å². The lowest BCUT2D eigenvalue weighted by Crippen LogP contribution is -2.12. The summed E-state index contributed by atoms with van der Waals surface area (Å²) in [5.74, 6) is 0. The topological polar surface area (TPSA) is 24.9 Å². The summed E-state index contributed by atoms with van der Waals surface area (Å²) in [7, 11) is 0. The molecule has 1 aromatic rings. The van der Waals surface area contributed by atoms with Gasteiger partial charge in [0, 0.05) is 11.1 Å². The lowest BCUT2D eigenvalue weighted by Gasteiger charge is -2.03. The number of thiazole rings is 1. The number of nitrogens with one attached hydrogen (secondary N) is 1. The first-order valence-corrected chi connectivity index (χ1v) is 4.89. The van der Waals surface area contributed by atoms with Gasteiger partial charge in [-0.1, -0.05) is 0 Å². The lowest BCUT2D eigenvalue weighted by atomic mass is 10.2. The first-order valence-electron chi connectivity index (χ1n) is 4.01. The fraction of sp³-hybridized carbons (Fsp3) is 0.625. The molecule has 1 fully saturated rings. The van der Waals surface area contributed by atoms with Crippen LogP contribution in [0.1, 0.15) is 29.6 Å². The first-order chi connectivity index (χ1) is 5.36. The number of rotatable bonds is 1. The van der Waals surface area contributed by atoms with Gasteiger partial charge in [0.15, 0.2) is 0 Å². The third-order valence-electron chi connectivity index (χ3n) is 2.00. The third-order valence-corrected chi connectivity index (χ3v) is 3.07. The highest BCUT2D eigenvalue weighted by molar-refractivity contribution is 8.93. The number of aryl methyl sites for hydroxylation is 1. The molecule has 0 spiro atoms. The van der Waals surface area contributed by atoms with Gasteiger partial charge in [-0.05, 0) is 26.3 Å². The van der Waals surface area contributed by atoms with Crippen LogP contribution < -0.4 is 5.32 Å². The summed E-state index contributed by atoms with van der Waals surface area (Å²) in [6, 6.07) is 0.550. The minimum Gasteiger partial charge on any atom is -0.308 e. The Morgan fingerprint density at radius 2 is 2.50 bits per heavy atom. The van der Waals surface area contributed by atoms with Crippen LogP contribution in [0.3, 0.4) is 0 Å². The van der Waals surface area contributed by atoms with Crippen molar-refractivity contribution in [2.45, 2.75) is 25.8 Å². The Labute approximate surface area is 87.2 Å². The summed E-state index contributed by atoms with van der Waals surface area (Å²) in [5.41, 5.74) is 1.15.